The lowest BCUT2D eigenvalue weighted by atomic mass is 10.0. The minimum absolute atomic E-state index is 0.246. The molecule has 0 bridgehead atoms. The number of anilines is 1. The molecule has 0 spiro atoms. The number of H-pyrrole nitrogens is 1. The molecule has 90 valence electrons. The van der Waals surface area contributed by atoms with Gasteiger partial charge < -0.3 is 15.6 Å². The summed E-state index contributed by atoms with van der Waals surface area (Å²) in [6.07, 6.45) is 2.88. The van der Waals surface area contributed by atoms with Crippen molar-refractivity contribution >= 4 is 16.7 Å². The molecular formula is C13H18N4. The lowest BCUT2D eigenvalue weighted by molar-refractivity contribution is 0.457. The van der Waals surface area contributed by atoms with Crippen molar-refractivity contribution in [3.8, 4) is 0 Å². The number of fused-ring (bicyclic) bond motifs is 1. The second-order valence-corrected chi connectivity index (χ2v) is 5.44. The highest BCUT2D eigenvalue weighted by Crippen LogP contribution is 2.22. The van der Waals surface area contributed by atoms with Gasteiger partial charge in [0.2, 0.25) is 0 Å². The fourth-order valence-electron chi connectivity index (χ4n) is 2.52. The first-order valence-corrected chi connectivity index (χ1v) is 6.07. The van der Waals surface area contributed by atoms with E-state index in [4.69, 9.17) is 0 Å². The van der Waals surface area contributed by atoms with E-state index < -0.39 is 0 Å². The van der Waals surface area contributed by atoms with Gasteiger partial charge in [-0.2, -0.15) is 0 Å². The molecule has 1 fully saturated rings. The topological polar surface area (TPSA) is 52.7 Å². The number of hydrogen-bond acceptors (Lipinski definition) is 3. The average Bonchev–Trinajstić information content (AvgIpc) is 2.84. The van der Waals surface area contributed by atoms with Crippen molar-refractivity contribution in [2.45, 2.75) is 31.8 Å². The van der Waals surface area contributed by atoms with E-state index in [1.165, 1.54) is 0 Å². The maximum absolute atomic E-state index is 4.22. The summed E-state index contributed by atoms with van der Waals surface area (Å²) in [6, 6.07) is 6.76. The summed E-state index contributed by atoms with van der Waals surface area (Å²) in [6.45, 7) is 5.51. The van der Waals surface area contributed by atoms with E-state index in [0.717, 1.165) is 29.7 Å². The van der Waals surface area contributed by atoms with Gasteiger partial charge in [-0.05, 0) is 38.5 Å². The molecule has 2 aromatic rings. The van der Waals surface area contributed by atoms with Gasteiger partial charge in [0.25, 0.3) is 0 Å². The lowest BCUT2D eigenvalue weighted by Crippen LogP contribution is -2.31. The first-order valence-electron chi connectivity index (χ1n) is 6.07. The fourth-order valence-corrected chi connectivity index (χ4v) is 2.52. The molecule has 0 saturated carbocycles. The molecule has 0 aliphatic carbocycles. The zero-order valence-corrected chi connectivity index (χ0v) is 10.2. The zero-order chi connectivity index (χ0) is 11.9. The predicted octanol–water partition coefficient (Wildman–Crippen LogP) is 2.12. The minimum atomic E-state index is 0.246. The van der Waals surface area contributed by atoms with Crippen molar-refractivity contribution in [3.63, 3.8) is 0 Å². The smallest absolute Gasteiger partial charge is 0.0931 e. The van der Waals surface area contributed by atoms with Gasteiger partial charge >= 0.3 is 0 Å². The van der Waals surface area contributed by atoms with Crippen LogP contribution in [0.25, 0.3) is 11.0 Å². The molecule has 0 radical (unpaired) electrons. The molecule has 17 heavy (non-hydrogen) atoms. The van der Waals surface area contributed by atoms with E-state index in [2.05, 4.69) is 46.6 Å². The van der Waals surface area contributed by atoms with Crippen molar-refractivity contribution in [1.29, 1.82) is 0 Å². The van der Waals surface area contributed by atoms with Crippen LogP contribution in [0.1, 0.15) is 20.3 Å². The first kappa shape index (κ1) is 10.6. The van der Waals surface area contributed by atoms with Gasteiger partial charge in [-0.1, -0.05) is 0 Å². The molecule has 1 aromatic heterocycles. The summed E-state index contributed by atoms with van der Waals surface area (Å²) in [4.78, 5) is 7.35. The van der Waals surface area contributed by atoms with E-state index in [-0.39, 0.29) is 5.54 Å². The number of nitrogens with one attached hydrogen (secondary N) is 3. The molecule has 1 aliphatic heterocycles. The van der Waals surface area contributed by atoms with Gasteiger partial charge in [-0.3, -0.25) is 0 Å². The Morgan fingerprint density at radius 2 is 2.29 bits per heavy atom. The molecule has 1 atom stereocenters. The number of imidazole rings is 1. The van der Waals surface area contributed by atoms with Crippen LogP contribution in [0.4, 0.5) is 5.69 Å². The van der Waals surface area contributed by atoms with E-state index in [1.807, 2.05) is 6.07 Å². The summed E-state index contributed by atoms with van der Waals surface area (Å²) in [5, 5.41) is 7.08. The monoisotopic (exact) mass is 230 g/mol. The van der Waals surface area contributed by atoms with Crippen molar-refractivity contribution in [1.82, 2.24) is 15.3 Å². The number of aromatic amines is 1. The van der Waals surface area contributed by atoms with Crippen molar-refractivity contribution in [2.75, 3.05) is 11.9 Å². The Morgan fingerprint density at radius 1 is 1.41 bits per heavy atom. The number of hydrogen-bond donors (Lipinski definition) is 3. The Morgan fingerprint density at radius 3 is 3.06 bits per heavy atom. The molecule has 1 unspecified atom stereocenters. The number of rotatable bonds is 2. The van der Waals surface area contributed by atoms with Gasteiger partial charge in [-0.25, -0.2) is 4.98 Å². The Balaban J connectivity index is 1.76. The highest BCUT2D eigenvalue weighted by molar-refractivity contribution is 5.78. The second kappa shape index (κ2) is 3.74. The van der Waals surface area contributed by atoms with Crippen LogP contribution >= 0.6 is 0 Å². The van der Waals surface area contributed by atoms with Crippen molar-refractivity contribution in [3.05, 3.63) is 24.5 Å². The van der Waals surface area contributed by atoms with Crippen LogP contribution in [0.15, 0.2) is 24.5 Å². The predicted molar refractivity (Wildman–Crippen MR) is 70.2 cm³/mol. The largest absolute Gasteiger partial charge is 0.381 e. The molecule has 1 saturated heterocycles. The van der Waals surface area contributed by atoms with Gasteiger partial charge in [0.05, 0.1) is 17.4 Å². The number of benzene rings is 1. The summed E-state index contributed by atoms with van der Waals surface area (Å²) in [5.74, 6) is 0. The number of aromatic nitrogens is 2. The van der Waals surface area contributed by atoms with E-state index in [0.29, 0.717) is 6.04 Å². The van der Waals surface area contributed by atoms with Gasteiger partial charge in [0.15, 0.2) is 0 Å². The molecule has 4 heteroatoms. The van der Waals surface area contributed by atoms with Gasteiger partial charge in [-0.15, -0.1) is 0 Å². The minimum Gasteiger partial charge on any atom is -0.381 e. The second-order valence-electron chi connectivity index (χ2n) is 5.44. The van der Waals surface area contributed by atoms with Crippen LogP contribution in [-0.2, 0) is 0 Å². The maximum atomic E-state index is 4.22. The molecule has 4 nitrogen and oxygen atoms in total. The molecule has 2 heterocycles. The van der Waals surface area contributed by atoms with E-state index in [1.54, 1.807) is 6.33 Å². The molecule has 0 amide bonds. The van der Waals surface area contributed by atoms with Crippen LogP contribution in [0.2, 0.25) is 0 Å². The quantitative estimate of drug-likeness (QED) is 0.740. The zero-order valence-electron chi connectivity index (χ0n) is 10.2. The van der Waals surface area contributed by atoms with Crippen molar-refractivity contribution < 1.29 is 0 Å². The van der Waals surface area contributed by atoms with Crippen LogP contribution in [-0.4, -0.2) is 28.1 Å². The third-order valence-corrected chi connectivity index (χ3v) is 3.37. The SMILES string of the molecule is CC1(C)CC(Nc2ccc3nc[nH]c3c2)CN1. The van der Waals surface area contributed by atoms with Crippen LogP contribution < -0.4 is 10.6 Å². The molecule has 1 aromatic carbocycles. The Bertz CT molecular complexity index is 529. The standard InChI is InChI=1S/C13H18N4/c1-13(2)6-10(7-16-13)17-9-3-4-11-12(5-9)15-8-14-11/h3-5,8,10,16-17H,6-7H2,1-2H3,(H,14,15). The Labute approximate surface area is 101 Å². The average molecular weight is 230 g/mol. The molecule has 3 rings (SSSR count). The highest BCUT2D eigenvalue weighted by atomic mass is 15.1. The van der Waals surface area contributed by atoms with Crippen molar-refractivity contribution in [2.24, 2.45) is 0 Å². The third-order valence-electron chi connectivity index (χ3n) is 3.37. The van der Waals surface area contributed by atoms with Crippen LogP contribution in [0, 0.1) is 0 Å². The van der Waals surface area contributed by atoms with E-state index in [9.17, 15) is 0 Å². The molecule has 3 N–H and O–H groups in total. The summed E-state index contributed by atoms with van der Waals surface area (Å²) in [7, 11) is 0. The van der Waals surface area contributed by atoms with Crippen LogP contribution in [0.5, 0.6) is 0 Å². The molecular weight excluding hydrogens is 212 g/mol. The normalized spacial score (nSPS) is 23.1. The third kappa shape index (κ3) is 2.13. The van der Waals surface area contributed by atoms with Crippen LogP contribution in [0.3, 0.4) is 0 Å². The highest BCUT2D eigenvalue weighted by Gasteiger charge is 2.29. The summed E-state index contributed by atoms with van der Waals surface area (Å²) in [5.41, 5.74) is 3.50. The van der Waals surface area contributed by atoms with Gasteiger partial charge in [0.1, 0.15) is 0 Å². The summed E-state index contributed by atoms with van der Waals surface area (Å²) < 4.78 is 0. The summed E-state index contributed by atoms with van der Waals surface area (Å²) >= 11 is 0. The Hall–Kier alpha value is -1.55. The Kier molecular flexibility index (Phi) is 2.33. The lowest BCUT2D eigenvalue weighted by Gasteiger charge is -2.18. The van der Waals surface area contributed by atoms with E-state index >= 15 is 0 Å². The maximum Gasteiger partial charge on any atom is 0.0931 e. The molecule has 1 aliphatic rings. The first-order chi connectivity index (χ1) is 8.12. The van der Waals surface area contributed by atoms with Gasteiger partial charge in [0, 0.05) is 23.8 Å². The number of nitrogens with zero attached hydrogens (tertiary/aromatic N) is 1. The fraction of sp³-hybridized carbons (Fsp3) is 0.462.